The van der Waals surface area contributed by atoms with Crippen LogP contribution in [0.25, 0.3) is 0 Å². The van der Waals surface area contributed by atoms with Crippen molar-refractivity contribution in [1.82, 2.24) is 0 Å². The van der Waals surface area contributed by atoms with Gasteiger partial charge in [-0.05, 0) is 251 Å². The van der Waals surface area contributed by atoms with Crippen molar-refractivity contribution in [3.05, 3.63) is 430 Å². The van der Waals surface area contributed by atoms with Crippen LogP contribution in [-0.4, -0.2) is 105 Å². The molecule has 6 aromatic rings. The van der Waals surface area contributed by atoms with Crippen LogP contribution in [0.15, 0.2) is 430 Å². The molecule has 0 spiro atoms. The van der Waals surface area contributed by atoms with Gasteiger partial charge in [-0.25, -0.2) is 24.0 Å². The molecule has 0 bridgehead atoms. The normalized spacial score (nSPS) is 13.0. The summed E-state index contributed by atoms with van der Waals surface area (Å²) in [6.45, 7) is 37.6. The second-order valence-electron chi connectivity index (χ2n) is 30.0. The number of carbonyl (C=O) groups excluding carboxylic acids is 10. The zero-order valence-corrected chi connectivity index (χ0v) is 93.2. The number of rotatable bonds is 40. The van der Waals surface area contributed by atoms with Gasteiger partial charge in [-0.3, -0.25) is 14.4 Å². The molecule has 0 saturated heterocycles. The summed E-state index contributed by atoms with van der Waals surface area (Å²) in [6.07, 6.45) is 53.3. The first-order chi connectivity index (χ1) is 64.1. The summed E-state index contributed by atoms with van der Waals surface area (Å²) in [6, 6.07) is 63.2. The summed E-state index contributed by atoms with van der Waals surface area (Å²) >= 11 is 0. The van der Waals surface area contributed by atoms with Crippen molar-refractivity contribution in [2.24, 2.45) is 0 Å². The quantitative estimate of drug-likeness (QED) is 0.00658. The summed E-state index contributed by atoms with van der Waals surface area (Å²) in [5.41, 5.74) is 9.19. The molecule has 0 radical (unpaired) electrons. The molecule has 138 heavy (non-hydrogen) atoms. The second kappa shape index (κ2) is 79.9. The number of benzene rings is 6. The smallest absolute Gasteiger partial charge is 1.00 e. The fourth-order valence-electron chi connectivity index (χ4n) is 11.8. The van der Waals surface area contributed by atoms with Gasteiger partial charge in [0.25, 0.3) is 0 Å². The van der Waals surface area contributed by atoms with Gasteiger partial charge in [-0.2, -0.15) is 0 Å². The number of esters is 5. The molecule has 23 heteroatoms. The van der Waals surface area contributed by atoms with Crippen molar-refractivity contribution in [3.8, 4) is 0 Å². The molecule has 6 rings (SSSR count). The van der Waals surface area contributed by atoms with Gasteiger partial charge in [-0.1, -0.05) is 295 Å². The number of allylic oxidation sites excluding steroid dienone is 36. The van der Waals surface area contributed by atoms with Crippen molar-refractivity contribution in [2.45, 2.75) is 144 Å². The van der Waals surface area contributed by atoms with Gasteiger partial charge in [0.15, 0.2) is 5.66 Å². The molecule has 0 heterocycles. The largest absolute Gasteiger partial charge is 1.00 e. The summed E-state index contributed by atoms with van der Waals surface area (Å²) in [5.74, 6) is -3.65. The van der Waals surface area contributed by atoms with Gasteiger partial charge in [0.2, 0.25) is 0 Å². The molecular weight excluding hydrogens is 1920 g/mol. The molecule has 0 N–H and O–H groups in total. The predicted molar refractivity (Wildman–Crippen MR) is 563 cm³/mol. The molecule has 0 aromatic heterocycles. The number of carbonyl (C=O) groups is 10. The Bertz CT molecular complexity index is 5230. The van der Waals surface area contributed by atoms with Crippen LogP contribution < -0.4 is 118 Å². The number of carboxylic acid groups (broad SMARTS) is 2. The molecule has 0 aliphatic heterocycles. The van der Waals surface area contributed by atoms with Gasteiger partial charge in [0.1, 0.15) is 65.2 Å². The Hall–Kier alpha value is -11.0. The van der Waals surface area contributed by atoms with E-state index in [4.69, 9.17) is 23.7 Å². The Kier molecular flexibility index (Phi) is 77.1. The fraction of sp³-hybridized carbons (Fsp3) is 0.235. The number of aldehydes is 3. The molecule has 0 amide bonds. The first-order valence-corrected chi connectivity index (χ1v) is 47.9. The van der Waals surface area contributed by atoms with E-state index in [1.54, 1.807) is 160 Å². The first-order valence-electron chi connectivity index (χ1n) is 44.0. The molecule has 0 aliphatic rings. The van der Waals surface area contributed by atoms with Crippen LogP contribution in [0.2, 0.25) is 0 Å². The summed E-state index contributed by atoms with van der Waals surface area (Å²) < 4.78 is 25.4. The van der Waals surface area contributed by atoms with Crippen LogP contribution in [0.4, 0.5) is 0 Å². The molecule has 0 saturated carbocycles. The number of hydrogen-bond acceptors (Lipinski definition) is 17. The number of halogens is 2. The van der Waals surface area contributed by atoms with E-state index < -0.39 is 26.5 Å². The third kappa shape index (κ3) is 54.4. The van der Waals surface area contributed by atoms with E-state index in [-0.39, 0.29) is 140 Å². The zero-order chi connectivity index (χ0) is 100. The Balaban J connectivity index is -0.000000787. The average molecular weight is 2060 g/mol. The van der Waals surface area contributed by atoms with E-state index in [0.29, 0.717) is 72.0 Å². The summed E-state index contributed by atoms with van der Waals surface area (Å²) in [4.78, 5) is 111. The third-order valence-corrected chi connectivity index (χ3v) is 27.9. The van der Waals surface area contributed by atoms with Gasteiger partial charge in [0.05, 0.1) is 51.1 Å². The maximum Gasteiger partial charge on any atom is 1.00 e. The fourth-order valence-corrected chi connectivity index (χ4v) is 20.4. The third-order valence-electron chi connectivity index (χ3n) is 18.9. The van der Waals surface area contributed by atoms with Gasteiger partial charge >= 0.3 is 89.0 Å². The molecule has 1 unspecified atom stereocenters. The minimum Gasteiger partial charge on any atom is -1.00 e. The van der Waals surface area contributed by atoms with E-state index in [2.05, 4.69) is 115 Å². The molecule has 722 valence electrons. The van der Waals surface area contributed by atoms with Gasteiger partial charge in [-0.15, -0.1) is 17.0 Å². The van der Waals surface area contributed by atoms with Crippen LogP contribution in [0, 0.1) is 0 Å². The van der Waals surface area contributed by atoms with E-state index in [0.717, 1.165) is 52.9 Å². The Morgan fingerprint density at radius 1 is 0.290 bits per heavy atom. The van der Waals surface area contributed by atoms with Gasteiger partial charge in [0, 0.05) is 22.3 Å². The Morgan fingerprint density at radius 3 is 0.768 bits per heavy atom. The Labute approximate surface area is 887 Å². The monoisotopic (exact) mass is 2050 g/mol. The molecule has 1 atom stereocenters. The van der Waals surface area contributed by atoms with Crippen molar-refractivity contribution in [2.75, 3.05) is 39.2 Å². The maximum absolute atomic E-state index is 12.9. The van der Waals surface area contributed by atoms with E-state index >= 15 is 0 Å². The topological polar surface area (TPSA) is 263 Å². The summed E-state index contributed by atoms with van der Waals surface area (Å²) in [7, 11) is -4.15. The average Bonchev–Trinajstić information content (AvgIpc) is 0.747. The van der Waals surface area contributed by atoms with Crippen LogP contribution in [0.3, 0.4) is 0 Å². The molecule has 6 aromatic carbocycles. The van der Waals surface area contributed by atoms with Crippen molar-refractivity contribution >= 4 is 124 Å². The minimum atomic E-state index is -2.20. The maximum atomic E-state index is 12.9. The SMILES string of the molecule is Br.CC(/C=C/C=C(\C)C(=O)[O-])=C\C=C\C=C(C)\C=C(/C)C(=O)[O-].CCOC(=O)/C(C)=C/C=C/C(C)=C/C=C/C=C(C)/C=C(\C)C(=O)OCC.CCOC(=O)/C(C)=C/C=C/C(C)=C/C=C/C=C(\C)C=O.CCOC(=O)/C(C)=C/C[P+](c1ccccc1)(c1ccccc1)c1ccccc1.CCOC(=O)C(C)[P+](c1ccccc1)(c1ccccc1)c1ccccc1.C\C(C=O)=C/C=C/C=C(\C)C=O.[Br-].[Na+].[Na+]. The molecule has 17 nitrogen and oxygen atoms in total. The predicted octanol–water partition coefficient (Wildman–Crippen LogP) is 11.9. The van der Waals surface area contributed by atoms with E-state index in [1.165, 1.54) is 57.8 Å². The van der Waals surface area contributed by atoms with Crippen LogP contribution in [0.1, 0.15) is 138 Å². The minimum absolute atomic E-state index is 0. The van der Waals surface area contributed by atoms with Gasteiger partial charge < -0.3 is 60.5 Å². The Morgan fingerprint density at radius 2 is 0.514 bits per heavy atom. The molecular formula is C115H135Br2Na2O17P2+. The van der Waals surface area contributed by atoms with Crippen LogP contribution in [0.5, 0.6) is 0 Å². The van der Waals surface area contributed by atoms with Crippen LogP contribution in [-0.2, 0) is 71.6 Å². The molecule has 0 fully saturated rings. The number of hydrogen-bond donors (Lipinski definition) is 0. The van der Waals surface area contributed by atoms with Crippen molar-refractivity contribution in [3.63, 3.8) is 0 Å². The van der Waals surface area contributed by atoms with Crippen molar-refractivity contribution in [1.29, 1.82) is 0 Å². The zero-order valence-electron chi connectivity index (χ0n) is 84.2. The standard InChI is InChI=1S/C25H26O2P.C23H24O2P.C22H30O4.C18H22O4.C17H22O3.C10H12O2.2BrH.2Na/c1-3-27-25(26)21(2)19-20-28(22-13-7-4-8-14-22,23-15-9-5-10-16-23)24-17-11-6-12-18-24;1-3-25-23(24)19(2)26(20-13-7-4-8-14-20,21-15-9-5-10-16-21)22-17-11-6-12-18-22;1-7-25-21(23)19(5)15-11-14-17(3)12-9-10-13-18(4)16-20(6)22(24)26-8-2;1-13(10-7-11-15(3)17(19)20)8-5-6-9-14(2)12-16(4)18(21)22;1-5-20-17(19)16(4)12-8-11-14(2)9-6-7-10-15(3)13-18;1-9(7-11)5-3-4-6-10(2)8-12;;;;/h4-19H,3,20H2,1-2H3;4-19H,3H2,1-2H3;9-16H,7-8H2,1-6H3;5-12H,1-4H3,(H,19,20)(H,21,22);6-13H,5H2,1-4H3;3-8H,1-2H3;2*1H;;/q2*+1;;;;;;;2*+1/p-3/b21-19+;;10-9+,14-11+,17-12+,18-13+,19-15+,20-16+;6-5+,10-7+,13-8+,14-9+,15-11+,16-12+;7-6+,11-8+,14-9+,15-10+,16-12+;4-3+,9-5+,10-6+;;;;. The van der Waals surface area contributed by atoms with Crippen molar-refractivity contribution < 1.29 is 158 Å². The number of ether oxygens (including phenoxy) is 5. The second-order valence-corrected chi connectivity index (χ2v) is 37.3. The summed E-state index contributed by atoms with van der Waals surface area (Å²) in [5, 5.41) is 28.5. The first kappa shape index (κ1) is 133. The van der Waals surface area contributed by atoms with E-state index in [9.17, 15) is 58.2 Å². The van der Waals surface area contributed by atoms with E-state index in [1.807, 2.05) is 189 Å². The number of carboxylic acids is 2. The van der Waals surface area contributed by atoms with Crippen LogP contribution >= 0.6 is 31.5 Å². The number of aliphatic carboxylic acids is 2. The molecule has 0 aliphatic carbocycles.